The normalized spacial score (nSPS) is 18.7. The summed E-state index contributed by atoms with van der Waals surface area (Å²) in [5.41, 5.74) is 5.25. The van der Waals surface area contributed by atoms with E-state index in [2.05, 4.69) is 41.5 Å². The van der Waals surface area contributed by atoms with Crippen molar-refractivity contribution in [2.45, 2.75) is 70.1 Å². The molecule has 2 rings (SSSR count). The lowest BCUT2D eigenvalue weighted by molar-refractivity contribution is -0.105. The smallest absolute Gasteiger partial charge is 0.146 e. The Morgan fingerprint density at radius 2 is 1.57 bits per heavy atom. The Bertz CT molecular complexity index is 592. The molecule has 0 aliphatic heterocycles. The van der Waals surface area contributed by atoms with E-state index in [1.165, 1.54) is 0 Å². The summed E-state index contributed by atoms with van der Waals surface area (Å²) in [4.78, 5) is 11.5. The third kappa shape index (κ3) is 2.69. The Labute approximate surface area is 141 Å². The number of benzene rings is 1. The monoisotopic (exact) mass is 330 g/mol. The van der Waals surface area contributed by atoms with Gasteiger partial charge in [0.2, 0.25) is 0 Å². The van der Waals surface area contributed by atoms with Crippen molar-refractivity contribution in [2.24, 2.45) is 0 Å². The molecule has 0 aromatic heterocycles. The van der Waals surface area contributed by atoms with E-state index in [9.17, 15) is 9.90 Å². The summed E-state index contributed by atoms with van der Waals surface area (Å²) < 4.78 is 0. The van der Waals surface area contributed by atoms with Crippen molar-refractivity contribution in [1.82, 2.24) is 0 Å². The lowest BCUT2D eigenvalue weighted by atomic mass is 9.83. The highest BCUT2D eigenvalue weighted by Gasteiger charge is 2.54. The van der Waals surface area contributed by atoms with Crippen LogP contribution in [0.4, 0.5) is 0 Å². The van der Waals surface area contributed by atoms with Gasteiger partial charge in [-0.05, 0) is 29.2 Å². The van der Waals surface area contributed by atoms with Crippen LogP contribution < -0.4 is 0 Å². The fourth-order valence-electron chi connectivity index (χ4n) is 5.33. The van der Waals surface area contributed by atoms with E-state index in [0.717, 1.165) is 29.4 Å². The van der Waals surface area contributed by atoms with Crippen molar-refractivity contribution in [3.8, 4) is 5.75 Å². The number of rotatable bonds is 6. The minimum atomic E-state index is -1.70. The molecule has 0 saturated carbocycles. The Morgan fingerprint density at radius 1 is 1.04 bits per heavy atom. The van der Waals surface area contributed by atoms with Crippen molar-refractivity contribution >= 4 is 19.9 Å². The third-order valence-corrected chi connectivity index (χ3v) is 13.8. The van der Waals surface area contributed by atoms with Gasteiger partial charge in [-0.1, -0.05) is 76.4 Å². The van der Waals surface area contributed by atoms with Gasteiger partial charge in [0.1, 0.15) is 12.0 Å². The second-order valence-corrected chi connectivity index (χ2v) is 14.0. The Morgan fingerprint density at radius 3 is 2.00 bits per heavy atom. The van der Waals surface area contributed by atoms with Crippen molar-refractivity contribution in [3.05, 3.63) is 35.4 Å². The van der Waals surface area contributed by atoms with Crippen LogP contribution in [-0.4, -0.2) is 19.5 Å². The van der Waals surface area contributed by atoms with Crippen molar-refractivity contribution < 1.29 is 9.90 Å². The van der Waals surface area contributed by atoms with Crippen LogP contribution in [0, 0.1) is 0 Å². The van der Waals surface area contributed by atoms with Gasteiger partial charge in [0, 0.05) is 5.56 Å². The van der Waals surface area contributed by atoms with Crippen molar-refractivity contribution in [3.63, 3.8) is 0 Å². The number of carbonyl (C=O) groups excluding carboxylic acids is 1. The fraction of sp³-hybridized carbons (Fsp3) is 0.550. The first-order valence-electron chi connectivity index (χ1n) is 8.74. The molecule has 1 N–H and O–H groups in total. The fourth-order valence-corrected chi connectivity index (χ4v) is 13.2. The lowest BCUT2D eigenvalue weighted by Crippen LogP contribution is -2.51. The molecule has 0 bridgehead atoms. The first kappa shape index (κ1) is 18.0. The van der Waals surface area contributed by atoms with Gasteiger partial charge in [-0.2, -0.15) is 0 Å². The van der Waals surface area contributed by atoms with Crippen LogP contribution in [0.2, 0.25) is 22.2 Å². The van der Waals surface area contributed by atoms with Crippen LogP contribution in [-0.2, 0) is 4.79 Å². The Hall–Kier alpha value is -1.35. The molecule has 3 heteroatoms. The first-order chi connectivity index (χ1) is 10.8. The largest absolute Gasteiger partial charge is 0.507 e. The van der Waals surface area contributed by atoms with Crippen LogP contribution in [0.1, 0.15) is 53.5 Å². The number of phenolic OH excluding ortho intramolecular Hbond substituents is 1. The quantitative estimate of drug-likeness (QED) is 0.529. The molecule has 1 aliphatic rings. The molecule has 0 saturated heterocycles. The minimum absolute atomic E-state index is 0.297. The second-order valence-electron chi connectivity index (χ2n) is 7.79. The predicted octanol–water partition coefficient (Wildman–Crippen LogP) is 5.80. The number of carbonyl (C=O) groups is 1. The van der Waals surface area contributed by atoms with E-state index in [1.807, 2.05) is 18.2 Å². The summed E-state index contributed by atoms with van der Waals surface area (Å²) in [7, 11) is -1.70. The van der Waals surface area contributed by atoms with Gasteiger partial charge in [0.05, 0.1) is 8.07 Å². The van der Waals surface area contributed by atoms with Crippen molar-refractivity contribution in [2.75, 3.05) is 0 Å². The van der Waals surface area contributed by atoms with Gasteiger partial charge < -0.3 is 5.11 Å². The number of hydrogen-bond acceptors (Lipinski definition) is 2. The average molecular weight is 331 g/mol. The molecule has 0 spiro atoms. The van der Waals surface area contributed by atoms with Crippen LogP contribution in [0.25, 0.3) is 5.57 Å². The molecule has 1 aromatic carbocycles. The molecule has 1 unspecified atom stereocenters. The number of aldehydes is 1. The summed E-state index contributed by atoms with van der Waals surface area (Å²) in [5, 5.41) is 10.3. The zero-order valence-corrected chi connectivity index (χ0v) is 16.3. The predicted molar refractivity (Wildman–Crippen MR) is 101 cm³/mol. The number of hydrogen-bond donors (Lipinski definition) is 1. The number of allylic oxidation sites excluding steroid dienone is 2. The van der Waals surface area contributed by atoms with Crippen LogP contribution in [0.15, 0.2) is 29.8 Å². The van der Waals surface area contributed by atoms with Gasteiger partial charge in [-0.3, -0.25) is 4.79 Å². The van der Waals surface area contributed by atoms with Crippen LogP contribution in [0.3, 0.4) is 0 Å². The third-order valence-electron chi connectivity index (χ3n) is 6.06. The average Bonchev–Trinajstić information content (AvgIpc) is 2.43. The Kier molecular flexibility index (Phi) is 5.19. The van der Waals surface area contributed by atoms with Crippen LogP contribution in [0.5, 0.6) is 5.75 Å². The summed E-state index contributed by atoms with van der Waals surface area (Å²) in [5.74, 6) is 0.297. The second kappa shape index (κ2) is 6.64. The lowest BCUT2D eigenvalue weighted by Gasteiger charge is -2.53. The van der Waals surface area contributed by atoms with Crippen LogP contribution >= 0.6 is 0 Å². The molecule has 1 atom stereocenters. The molecule has 1 aromatic rings. The van der Waals surface area contributed by atoms with Crippen molar-refractivity contribution in [1.29, 1.82) is 0 Å². The van der Waals surface area contributed by atoms with Gasteiger partial charge >= 0.3 is 0 Å². The molecular formula is C20H30O2Si. The van der Waals surface area contributed by atoms with E-state index in [4.69, 9.17) is 0 Å². The molecule has 0 heterocycles. The molecule has 23 heavy (non-hydrogen) atoms. The maximum Gasteiger partial charge on any atom is 0.146 e. The molecule has 2 nitrogen and oxygen atoms in total. The maximum absolute atomic E-state index is 11.5. The molecule has 0 fully saturated rings. The molecular weight excluding hydrogens is 300 g/mol. The van der Waals surface area contributed by atoms with Gasteiger partial charge in [0.25, 0.3) is 0 Å². The highest BCUT2D eigenvalue weighted by Crippen LogP contribution is 2.61. The van der Waals surface area contributed by atoms with E-state index >= 15 is 0 Å². The number of para-hydroxylation sites is 1. The first-order valence-corrected chi connectivity index (χ1v) is 11.1. The Balaban J connectivity index is 2.62. The van der Waals surface area contributed by atoms with E-state index in [0.29, 0.717) is 27.9 Å². The maximum atomic E-state index is 11.5. The molecule has 0 amide bonds. The number of aromatic hydroxyl groups is 1. The standard InChI is InChI=1S/C20H30O2Si/c1-13(2)23(14(3)4,15(5)6)19-11-16(12-21)20(19)17-9-7-8-10-18(17)22/h7-10,12-15,19,22H,11H2,1-6H3. The SMILES string of the molecule is CC(C)[Si](C(C)C)(C(C)C)C1CC(C=O)=C1c1ccccc1O. The summed E-state index contributed by atoms with van der Waals surface area (Å²) in [6.45, 7) is 14.1. The number of phenols is 1. The summed E-state index contributed by atoms with van der Waals surface area (Å²) in [6.07, 6.45) is 1.88. The van der Waals surface area contributed by atoms with Gasteiger partial charge in [-0.25, -0.2) is 0 Å². The van der Waals surface area contributed by atoms with Gasteiger partial charge in [-0.15, -0.1) is 0 Å². The molecule has 126 valence electrons. The zero-order chi connectivity index (χ0) is 17.4. The summed E-state index contributed by atoms with van der Waals surface area (Å²) >= 11 is 0. The molecule has 0 radical (unpaired) electrons. The summed E-state index contributed by atoms with van der Waals surface area (Å²) in [6, 6.07) is 7.47. The van der Waals surface area contributed by atoms with E-state index in [-0.39, 0.29) is 0 Å². The zero-order valence-electron chi connectivity index (χ0n) is 15.3. The minimum Gasteiger partial charge on any atom is -0.507 e. The van der Waals surface area contributed by atoms with E-state index < -0.39 is 8.07 Å². The molecule has 1 aliphatic carbocycles. The van der Waals surface area contributed by atoms with E-state index in [1.54, 1.807) is 6.07 Å². The van der Waals surface area contributed by atoms with Gasteiger partial charge in [0.15, 0.2) is 0 Å². The highest BCUT2D eigenvalue weighted by molar-refractivity contribution is 6.86. The topological polar surface area (TPSA) is 37.3 Å². The highest BCUT2D eigenvalue weighted by atomic mass is 28.3.